The van der Waals surface area contributed by atoms with E-state index in [0.29, 0.717) is 30.6 Å². The summed E-state index contributed by atoms with van der Waals surface area (Å²) in [4.78, 5) is 13.8. The summed E-state index contributed by atoms with van der Waals surface area (Å²) >= 11 is 11.6. The predicted molar refractivity (Wildman–Crippen MR) is 71.6 cm³/mol. The predicted octanol–water partition coefficient (Wildman–Crippen LogP) is 2.37. The Kier molecular flexibility index (Phi) is 6.25. The Bertz CT molecular complexity index is 412. The minimum Gasteiger partial charge on any atom is -0.508 e. The Morgan fingerprint density at radius 3 is 2.78 bits per heavy atom. The van der Waals surface area contributed by atoms with Crippen molar-refractivity contribution in [2.75, 3.05) is 32.7 Å². The maximum Gasteiger partial charge on any atom is 0.255 e. The first kappa shape index (κ1) is 15.1. The Labute approximate surface area is 116 Å². The van der Waals surface area contributed by atoms with Gasteiger partial charge in [0.05, 0.1) is 17.2 Å². The van der Waals surface area contributed by atoms with E-state index in [2.05, 4.69) is 0 Å². The van der Waals surface area contributed by atoms with Crippen molar-refractivity contribution >= 4 is 29.1 Å². The third kappa shape index (κ3) is 4.05. The van der Waals surface area contributed by atoms with Gasteiger partial charge >= 0.3 is 0 Å². The monoisotopic (exact) mass is 291 g/mol. The second kappa shape index (κ2) is 7.46. The number of aromatic hydroxyl groups is 1. The largest absolute Gasteiger partial charge is 0.508 e. The van der Waals surface area contributed by atoms with Crippen molar-refractivity contribution in [3.63, 3.8) is 0 Å². The zero-order chi connectivity index (χ0) is 13.5. The molecular weight excluding hydrogens is 277 g/mol. The molecule has 0 atom stereocenters. The minimum absolute atomic E-state index is 0.000292. The first-order valence-electron chi connectivity index (χ1n) is 5.42. The van der Waals surface area contributed by atoms with Gasteiger partial charge in [-0.3, -0.25) is 4.79 Å². The van der Waals surface area contributed by atoms with Crippen molar-refractivity contribution in [2.24, 2.45) is 0 Å². The zero-order valence-electron chi connectivity index (χ0n) is 10.0. The number of carbonyl (C=O) groups is 1. The van der Waals surface area contributed by atoms with Gasteiger partial charge in [-0.1, -0.05) is 11.6 Å². The quantitative estimate of drug-likeness (QED) is 0.819. The van der Waals surface area contributed by atoms with Crippen LogP contribution >= 0.6 is 23.2 Å². The van der Waals surface area contributed by atoms with E-state index < -0.39 is 0 Å². The van der Waals surface area contributed by atoms with Crippen molar-refractivity contribution in [2.45, 2.75) is 0 Å². The average molecular weight is 292 g/mol. The SMILES string of the molecule is COCCN(CCCl)C(=O)c1cc(O)ccc1Cl. The van der Waals surface area contributed by atoms with E-state index in [1.807, 2.05) is 0 Å². The second-order valence-electron chi connectivity index (χ2n) is 3.64. The molecule has 0 heterocycles. The van der Waals surface area contributed by atoms with Crippen molar-refractivity contribution in [3.8, 4) is 5.75 Å². The van der Waals surface area contributed by atoms with Crippen LogP contribution in [0.4, 0.5) is 0 Å². The van der Waals surface area contributed by atoms with Crippen molar-refractivity contribution in [1.82, 2.24) is 4.90 Å². The summed E-state index contributed by atoms with van der Waals surface area (Å²) in [6, 6.07) is 4.26. The molecule has 1 aromatic carbocycles. The van der Waals surface area contributed by atoms with E-state index in [0.717, 1.165) is 0 Å². The normalized spacial score (nSPS) is 10.4. The highest BCUT2D eigenvalue weighted by Crippen LogP contribution is 2.22. The highest BCUT2D eigenvalue weighted by molar-refractivity contribution is 6.33. The second-order valence-corrected chi connectivity index (χ2v) is 4.42. The summed E-state index contributed by atoms with van der Waals surface area (Å²) in [6.07, 6.45) is 0. The molecule has 1 amide bonds. The van der Waals surface area contributed by atoms with Crippen LogP contribution in [0.15, 0.2) is 18.2 Å². The zero-order valence-corrected chi connectivity index (χ0v) is 11.5. The molecule has 100 valence electrons. The number of methoxy groups -OCH3 is 1. The Balaban J connectivity index is 2.90. The van der Waals surface area contributed by atoms with Crippen molar-refractivity contribution in [3.05, 3.63) is 28.8 Å². The fraction of sp³-hybridized carbons (Fsp3) is 0.417. The molecule has 0 spiro atoms. The van der Waals surface area contributed by atoms with Gasteiger partial charge in [0.2, 0.25) is 0 Å². The van der Waals surface area contributed by atoms with E-state index in [1.54, 1.807) is 7.11 Å². The highest BCUT2D eigenvalue weighted by Gasteiger charge is 2.18. The molecule has 1 rings (SSSR count). The lowest BCUT2D eigenvalue weighted by Gasteiger charge is -2.21. The fourth-order valence-corrected chi connectivity index (χ4v) is 1.87. The number of alkyl halides is 1. The molecule has 0 radical (unpaired) electrons. The van der Waals surface area contributed by atoms with Crippen LogP contribution in [0, 0.1) is 0 Å². The molecule has 0 saturated carbocycles. The maximum atomic E-state index is 12.2. The van der Waals surface area contributed by atoms with Gasteiger partial charge in [0.15, 0.2) is 0 Å². The van der Waals surface area contributed by atoms with E-state index in [9.17, 15) is 9.90 Å². The standard InChI is InChI=1S/C12H15Cl2NO3/c1-18-7-6-15(5-4-13)12(17)10-8-9(16)2-3-11(10)14/h2-3,8,16H,4-7H2,1H3. The summed E-state index contributed by atoms with van der Waals surface area (Å²) in [5.41, 5.74) is 0.262. The highest BCUT2D eigenvalue weighted by atomic mass is 35.5. The molecule has 1 aromatic rings. The number of benzene rings is 1. The van der Waals surface area contributed by atoms with Crippen molar-refractivity contribution in [1.29, 1.82) is 0 Å². The number of hydrogen-bond donors (Lipinski definition) is 1. The number of carbonyl (C=O) groups excluding carboxylic acids is 1. The number of nitrogens with zero attached hydrogens (tertiary/aromatic N) is 1. The average Bonchev–Trinajstić information content (AvgIpc) is 2.36. The lowest BCUT2D eigenvalue weighted by atomic mass is 10.2. The van der Waals surface area contributed by atoms with E-state index in [-0.39, 0.29) is 17.2 Å². The lowest BCUT2D eigenvalue weighted by Crippen LogP contribution is -2.35. The minimum atomic E-state index is -0.270. The van der Waals surface area contributed by atoms with Crippen LogP contribution in [0.25, 0.3) is 0 Å². The Morgan fingerprint density at radius 2 is 2.17 bits per heavy atom. The van der Waals surface area contributed by atoms with Gasteiger partial charge in [-0.2, -0.15) is 0 Å². The van der Waals surface area contributed by atoms with Gasteiger partial charge in [-0.15, -0.1) is 11.6 Å². The van der Waals surface area contributed by atoms with Gasteiger partial charge < -0.3 is 14.7 Å². The third-order valence-corrected chi connectivity index (χ3v) is 2.89. The summed E-state index contributed by atoms with van der Waals surface area (Å²) < 4.78 is 4.94. The molecule has 18 heavy (non-hydrogen) atoms. The van der Waals surface area contributed by atoms with Gasteiger partial charge in [-0.05, 0) is 18.2 Å². The number of ether oxygens (including phenoxy) is 1. The van der Waals surface area contributed by atoms with Crippen LogP contribution in [0.5, 0.6) is 5.75 Å². The Hall–Kier alpha value is -0.970. The first-order chi connectivity index (χ1) is 8.60. The molecule has 0 aliphatic carbocycles. The van der Waals surface area contributed by atoms with Crippen LogP contribution in [0.1, 0.15) is 10.4 Å². The van der Waals surface area contributed by atoms with Gasteiger partial charge in [-0.25, -0.2) is 0 Å². The third-order valence-electron chi connectivity index (χ3n) is 2.39. The summed E-state index contributed by atoms with van der Waals surface area (Å²) in [5.74, 6) is 0.0558. The van der Waals surface area contributed by atoms with Crippen LogP contribution in [0.2, 0.25) is 5.02 Å². The van der Waals surface area contributed by atoms with Gasteiger partial charge in [0, 0.05) is 26.1 Å². The molecule has 0 aromatic heterocycles. The summed E-state index contributed by atoms with van der Waals surface area (Å²) in [6.45, 7) is 1.24. The molecule has 0 aliphatic heterocycles. The van der Waals surface area contributed by atoms with Gasteiger partial charge in [0.1, 0.15) is 5.75 Å². The Morgan fingerprint density at radius 1 is 1.44 bits per heavy atom. The summed E-state index contributed by atoms with van der Waals surface area (Å²) in [7, 11) is 1.56. The number of amides is 1. The molecule has 0 saturated heterocycles. The molecule has 1 N–H and O–H groups in total. The van der Waals surface area contributed by atoms with Crippen molar-refractivity contribution < 1.29 is 14.6 Å². The summed E-state index contributed by atoms with van der Waals surface area (Å²) in [5, 5.41) is 9.69. The molecule has 0 aliphatic rings. The van der Waals surface area contributed by atoms with Crippen LogP contribution in [-0.4, -0.2) is 48.6 Å². The molecule has 4 nitrogen and oxygen atoms in total. The van der Waals surface area contributed by atoms with E-state index in [1.165, 1.54) is 23.1 Å². The number of phenolic OH excluding ortho intramolecular Hbond substituents is 1. The van der Waals surface area contributed by atoms with E-state index in [4.69, 9.17) is 27.9 Å². The lowest BCUT2D eigenvalue weighted by molar-refractivity contribution is 0.0707. The number of halogens is 2. The smallest absolute Gasteiger partial charge is 0.255 e. The molecule has 0 unspecified atom stereocenters. The van der Waals surface area contributed by atoms with Crippen LogP contribution in [-0.2, 0) is 4.74 Å². The molecule has 6 heteroatoms. The number of rotatable bonds is 6. The number of hydrogen-bond acceptors (Lipinski definition) is 3. The fourth-order valence-electron chi connectivity index (χ4n) is 1.47. The maximum absolute atomic E-state index is 12.2. The molecule has 0 fully saturated rings. The number of phenols is 1. The van der Waals surface area contributed by atoms with Crippen LogP contribution < -0.4 is 0 Å². The first-order valence-corrected chi connectivity index (χ1v) is 6.34. The van der Waals surface area contributed by atoms with Crippen LogP contribution in [0.3, 0.4) is 0 Å². The topological polar surface area (TPSA) is 49.8 Å². The van der Waals surface area contributed by atoms with E-state index >= 15 is 0 Å². The molecular formula is C12H15Cl2NO3. The molecule has 0 bridgehead atoms. The van der Waals surface area contributed by atoms with Gasteiger partial charge in [0.25, 0.3) is 5.91 Å².